The molecule has 1 aliphatic heterocycles. The number of pyridine rings is 1. The number of hydrogen-bond acceptors (Lipinski definition) is 5. The van der Waals surface area contributed by atoms with E-state index in [1.807, 2.05) is 18.2 Å². The Morgan fingerprint density at radius 1 is 1.29 bits per heavy atom. The summed E-state index contributed by atoms with van der Waals surface area (Å²) in [5, 5.41) is 15.7. The number of rotatable bonds is 6. The van der Waals surface area contributed by atoms with Crippen LogP contribution < -0.4 is 16.4 Å². The zero-order valence-electron chi connectivity index (χ0n) is 11.8. The Hall–Kier alpha value is -0.300. The minimum absolute atomic E-state index is 0. The van der Waals surface area contributed by atoms with Gasteiger partial charge in [0.05, 0.1) is 0 Å². The molecule has 5 N–H and O–H groups in total. The van der Waals surface area contributed by atoms with E-state index in [1.54, 1.807) is 0 Å². The van der Waals surface area contributed by atoms with Crippen molar-refractivity contribution in [2.45, 2.75) is 18.9 Å². The van der Waals surface area contributed by atoms with Crippen molar-refractivity contribution in [1.82, 2.24) is 15.6 Å². The first-order valence-electron chi connectivity index (χ1n) is 6.56. The summed E-state index contributed by atoms with van der Waals surface area (Å²) in [5.74, 6) is 1.13. The lowest BCUT2D eigenvalue weighted by Crippen LogP contribution is -2.37. The highest BCUT2D eigenvalue weighted by atomic mass is 35.5. The quantitative estimate of drug-likeness (QED) is 0.570. The number of nitrogens with two attached hydrogens (primary N) is 1. The number of anilines is 1. The molecule has 1 fully saturated rings. The number of halogens is 3. The highest BCUT2D eigenvalue weighted by Crippen LogP contribution is 2.15. The highest BCUT2D eigenvalue weighted by Gasteiger charge is 2.26. The van der Waals surface area contributed by atoms with Gasteiger partial charge in [-0.1, -0.05) is 6.07 Å². The molecule has 2 rings (SSSR count). The van der Waals surface area contributed by atoms with Crippen molar-refractivity contribution in [3.05, 3.63) is 23.9 Å². The van der Waals surface area contributed by atoms with Gasteiger partial charge in [-0.05, 0) is 44.0 Å². The van der Waals surface area contributed by atoms with E-state index >= 15 is 0 Å². The van der Waals surface area contributed by atoms with E-state index < -0.39 is 0 Å². The van der Waals surface area contributed by atoms with Crippen LogP contribution in [0.2, 0.25) is 0 Å². The first-order valence-corrected chi connectivity index (χ1v) is 6.56. The molecule has 0 bridgehead atoms. The van der Waals surface area contributed by atoms with Gasteiger partial charge in [0.25, 0.3) is 0 Å². The van der Waals surface area contributed by atoms with Crippen LogP contribution >= 0.6 is 37.2 Å². The smallest absolute Gasteiger partial charge is 0.123 e. The molecule has 0 radical (unpaired) electrons. The number of nitrogens with zero attached hydrogens (tertiary/aromatic N) is 1. The summed E-state index contributed by atoms with van der Waals surface area (Å²) < 4.78 is 0. The Balaban J connectivity index is 0. The fourth-order valence-electron chi connectivity index (χ4n) is 2.43. The average Bonchev–Trinajstić information content (AvgIpc) is 2.77. The molecule has 5 nitrogen and oxygen atoms in total. The summed E-state index contributed by atoms with van der Waals surface area (Å²) in [4.78, 5) is 4.35. The molecule has 0 aliphatic carbocycles. The second-order valence-electron chi connectivity index (χ2n) is 4.81. The standard InChI is InChI=1S/C13H22N4O.3ClH/c14-13-4-1-3-11(17-13)7-10-8-15-9-12(10)16-5-2-6-18;;;/h1,3-4,10,12,15-16,18H,2,5-9H2,(H2,14,17);3*1H/t10-,12-;;;/m0.../s1. The minimum atomic E-state index is 0. The molecule has 1 saturated heterocycles. The summed E-state index contributed by atoms with van der Waals surface area (Å²) in [6, 6.07) is 6.25. The molecule has 1 aromatic rings. The summed E-state index contributed by atoms with van der Waals surface area (Å²) in [5.41, 5.74) is 6.75. The van der Waals surface area contributed by atoms with Crippen LogP contribution in [-0.2, 0) is 6.42 Å². The molecular weight excluding hydrogens is 335 g/mol. The lowest BCUT2D eigenvalue weighted by atomic mass is 9.97. The minimum Gasteiger partial charge on any atom is -0.396 e. The van der Waals surface area contributed by atoms with E-state index in [2.05, 4.69) is 15.6 Å². The summed E-state index contributed by atoms with van der Waals surface area (Å²) in [6.45, 7) is 3.10. The molecule has 2 atom stereocenters. The second-order valence-corrected chi connectivity index (χ2v) is 4.81. The maximum absolute atomic E-state index is 8.79. The normalized spacial score (nSPS) is 20.0. The lowest BCUT2D eigenvalue weighted by molar-refractivity contribution is 0.280. The third-order valence-corrected chi connectivity index (χ3v) is 3.38. The molecule has 2 heterocycles. The van der Waals surface area contributed by atoms with Crippen LogP contribution in [0.3, 0.4) is 0 Å². The Labute approximate surface area is 144 Å². The number of aliphatic hydroxyl groups is 1. The van der Waals surface area contributed by atoms with E-state index in [9.17, 15) is 0 Å². The first-order chi connectivity index (χ1) is 8.79. The largest absolute Gasteiger partial charge is 0.396 e. The molecule has 124 valence electrons. The Morgan fingerprint density at radius 3 is 2.71 bits per heavy atom. The molecule has 1 aliphatic rings. The highest BCUT2D eigenvalue weighted by molar-refractivity contribution is 5.86. The van der Waals surface area contributed by atoms with Gasteiger partial charge in [0, 0.05) is 24.9 Å². The van der Waals surface area contributed by atoms with E-state index in [0.717, 1.165) is 38.2 Å². The van der Waals surface area contributed by atoms with Crippen molar-refractivity contribution < 1.29 is 5.11 Å². The zero-order valence-corrected chi connectivity index (χ0v) is 14.3. The van der Waals surface area contributed by atoms with Crippen LogP contribution in [0.15, 0.2) is 18.2 Å². The maximum atomic E-state index is 8.79. The number of aliphatic hydroxyl groups excluding tert-OH is 1. The van der Waals surface area contributed by atoms with Gasteiger partial charge in [0.15, 0.2) is 0 Å². The summed E-state index contributed by atoms with van der Waals surface area (Å²) >= 11 is 0. The van der Waals surface area contributed by atoms with Gasteiger partial charge in [0.2, 0.25) is 0 Å². The Kier molecular flexibility index (Phi) is 13.4. The van der Waals surface area contributed by atoms with Crippen molar-refractivity contribution in [1.29, 1.82) is 0 Å². The van der Waals surface area contributed by atoms with Crippen LogP contribution in [0.4, 0.5) is 5.82 Å². The molecular formula is C13H25Cl3N4O. The first kappa shape index (κ1) is 23.0. The average molecular weight is 360 g/mol. The van der Waals surface area contributed by atoms with Crippen LogP contribution in [-0.4, -0.2) is 42.4 Å². The molecule has 21 heavy (non-hydrogen) atoms. The van der Waals surface area contributed by atoms with E-state index in [0.29, 0.717) is 17.8 Å². The van der Waals surface area contributed by atoms with Gasteiger partial charge < -0.3 is 21.5 Å². The van der Waals surface area contributed by atoms with Crippen molar-refractivity contribution in [2.75, 3.05) is 32.0 Å². The predicted molar refractivity (Wildman–Crippen MR) is 94.0 cm³/mol. The van der Waals surface area contributed by atoms with Gasteiger partial charge in [-0.3, -0.25) is 0 Å². The third kappa shape index (κ3) is 7.49. The van der Waals surface area contributed by atoms with Gasteiger partial charge >= 0.3 is 0 Å². The van der Waals surface area contributed by atoms with Gasteiger partial charge in [-0.15, -0.1) is 37.2 Å². The Morgan fingerprint density at radius 2 is 2.05 bits per heavy atom. The molecule has 0 unspecified atom stereocenters. The van der Waals surface area contributed by atoms with Gasteiger partial charge in [-0.25, -0.2) is 4.98 Å². The van der Waals surface area contributed by atoms with Crippen molar-refractivity contribution in [2.24, 2.45) is 5.92 Å². The number of nitrogens with one attached hydrogen (secondary N) is 2. The lowest BCUT2D eigenvalue weighted by Gasteiger charge is -2.19. The summed E-state index contributed by atoms with van der Waals surface area (Å²) in [7, 11) is 0. The van der Waals surface area contributed by atoms with Crippen molar-refractivity contribution in [3.63, 3.8) is 0 Å². The number of nitrogen functional groups attached to an aromatic ring is 1. The molecule has 0 saturated carbocycles. The van der Waals surface area contributed by atoms with Crippen molar-refractivity contribution in [3.8, 4) is 0 Å². The molecule has 1 aromatic heterocycles. The van der Waals surface area contributed by atoms with E-state index in [-0.39, 0.29) is 43.8 Å². The SMILES string of the molecule is Cl.Cl.Cl.Nc1cccc(C[C@H]2CNC[C@@H]2NCCCO)n1. The van der Waals surface area contributed by atoms with Crippen LogP contribution in [0, 0.1) is 5.92 Å². The predicted octanol–water partition coefficient (Wildman–Crippen LogP) is 1.03. The maximum Gasteiger partial charge on any atom is 0.123 e. The zero-order chi connectivity index (χ0) is 12.8. The van der Waals surface area contributed by atoms with Crippen molar-refractivity contribution >= 4 is 43.0 Å². The molecule has 8 heteroatoms. The third-order valence-electron chi connectivity index (χ3n) is 3.38. The molecule has 0 spiro atoms. The number of hydrogen-bond donors (Lipinski definition) is 4. The summed E-state index contributed by atoms with van der Waals surface area (Å²) in [6.07, 6.45) is 1.74. The van der Waals surface area contributed by atoms with Gasteiger partial charge in [0.1, 0.15) is 5.82 Å². The van der Waals surface area contributed by atoms with Gasteiger partial charge in [-0.2, -0.15) is 0 Å². The monoisotopic (exact) mass is 358 g/mol. The fraction of sp³-hybridized carbons (Fsp3) is 0.615. The fourth-order valence-corrected chi connectivity index (χ4v) is 2.43. The topological polar surface area (TPSA) is 83.2 Å². The number of aromatic nitrogens is 1. The van der Waals surface area contributed by atoms with Crippen LogP contribution in [0.5, 0.6) is 0 Å². The van der Waals surface area contributed by atoms with E-state index in [4.69, 9.17) is 10.8 Å². The van der Waals surface area contributed by atoms with Crippen LogP contribution in [0.1, 0.15) is 12.1 Å². The molecule has 0 aromatic carbocycles. The second kappa shape index (κ2) is 12.3. The van der Waals surface area contributed by atoms with Crippen LogP contribution in [0.25, 0.3) is 0 Å². The van der Waals surface area contributed by atoms with E-state index in [1.165, 1.54) is 0 Å². The Bertz CT molecular complexity index is 384. The molecule has 0 amide bonds.